The van der Waals surface area contributed by atoms with E-state index in [0.29, 0.717) is 27.6 Å². The van der Waals surface area contributed by atoms with Crippen molar-refractivity contribution < 1.29 is 36.3 Å². The lowest BCUT2D eigenvalue weighted by molar-refractivity contribution is -0.137. The lowest BCUT2D eigenvalue weighted by Crippen LogP contribution is -2.22. The number of aryl methyl sites for hydroxylation is 1. The summed E-state index contributed by atoms with van der Waals surface area (Å²) in [5.41, 5.74) is -0.524. The highest BCUT2D eigenvalue weighted by molar-refractivity contribution is 6.00. The molecule has 10 heteroatoms. The maximum Gasteiger partial charge on any atom is 0.418 e. The fourth-order valence-electron chi connectivity index (χ4n) is 4.12. The predicted octanol–water partition coefficient (Wildman–Crippen LogP) is 6.29. The fraction of sp³-hybridized carbons (Fsp3) is 0.138. The Morgan fingerprint density at radius 3 is 2.44 bits per heavy atom. The van der Waals surface area contributed by atoms with E-state index in [9.17, 15) is 31.9 Å². The first-order valence-corrected chi connectivity index (χ1v) is 11.6. The average molecular weight is 539 g/mol. The molecule has 0 atom stereocenters. The van der Waals surface area contributed by atoms with Crippen LogP contribution in [0.1, 0.15) is 22.3 Å². The van der Waals surface area contributed by atoms with E-state index in [1.807, 2.05) is 0 Å². The zero-order chi connectivity index (χ0) is 28.3. The van der Waals surface area contributed by atoms with Crippen molar-refractivity contribution in [3.63, 3.8) is 0 Å². The maximum absolute atomic E-state index is 13.5. The number of rotatable bonds is 6. The largest absolute Gasteiger partial charge is 0.466 e. The number of fused-ring (bicyclic) bond motifs is 1. The molecule has 39 heavy (non-hydrogen) atoms. The van der Waals surface area contributed by atoms with E-state index >= 15 is 0 Å². The number of nitrogens with one attached hydrogen (secondary N) is 1. The lowest BCUT2D eigenvalue weighted by atomic mass is 9.93. The molecule has 6 nitrogen and oxygen atoms in total. The number of hydrogen-bond donors (Lipinski definition) is 1. The molecular weight excluding hydrogens is 518 g/mol. The summed E-state index contributed by atoms with van der Waals surface area (Å²) >= 11 is 0. The Labute approximate surface area is 219 Å². The molecule has 4 rings (SSSR count). The van der Waals surface area contributed by atoms with Gasteiger partial charge in [0.15, 0.2) is 0 Å². The summed E-state index contributed by atoms with van der Waals surface area (Å²) in [6, 6.07) is 13.8. The van der Waals surface area contributed by atoms with Crippen LogP contribution in [-0.4, -0.2) is 19.0 Å². The number of halogens is 4. The molecule has 3 aromatic carbocycles. The zero-order valence-electron chi connectivity index (χ0n) is 20.7. The van der Waals surface area contributed by atoms with Gasteiger partial charge in [0.05, 0.1) is 30.3 Å². The van der Waals surface area contributed by atoms with Gasteiger partial charge in [0.1, 0.15) is 11.4 Å². The van der Waals surface area contributed by atoms with Gasteiger partial charge in [-0.25, -0.2) is 14.0 Å². The Morgan fingerprint density at radius 1 is 1.05 bits per heavy atom. The minimum atomic E-state index is -4.92. The Bertz CT molecular complexity index is 1660. The number of alkyl halides is 3. The minimum Gasteiger partial charge on any atom is -0.466 e. The molecule has 1 N–H and O–H groups in total. The van der Waals surface area contributed by atoms with Crippen LogP contribution < -0.4 is 10.9 Å². The molecule has 1 heterocycles. The SMILES string of the molecule is COC(=O)/C=C/c1cc2c(-c3ccccc3)c(CC(=O)Nc3ccc(F)cc3C(F)(F)F)c(=O)oc2cc1C. The van der Waals surface area contributed by atoms with Crippen LogP contribution in [0.2, 0.25) is 0 Å². The van der Waals surface area contributed by atoms with Gasteiger partial charge in [0.25, 0.3) is 0 Å². The Balaban J connectivity index is 1.84. The Morgan fingerprint density at radius 2 is 1.77 bits per heavy atom. The van der Waals surface area contributed by atoms with Crippen molar-refractivity contribution in [3.8, 4) is 11.1 Å². The van der Waals surface area contributed by atoms with Crippen LogP contribution >= 0.6 is 0 Å². The maximum atomic E-state index is 13.5. The van der Waals surface area contributed by atoms with Crippen molar-refractivity contribution in [1.82, 2.24) is 0 Å². The minimum absolute atomic E-state index is 0.0892. The van der Waals surface area contributed by atoms with E-state index in [1.54, 1.807) is 49.4 Å². The van der Waals surface area contributed by atoms with Crippen molar-refractivity contribution in [2.24, 2.45) is 0 Å². The number of carbonyl (C=O) groups excluding carboxylic acids is 2. The third-order valence-electron chi connectivity index (χ3n) is 5.95. The number of carbonyl (C=O) groups is 2. The van der Waals surface area contributed by atoms with Crippen molar-refractivity contribution >= 4 is 34.6 Å². The first-order chi connectivity index (χ1) is 18.5. The van der Waals surface area contributed by atoms with Gasteiger partial charge in [0, 0.05) is 17.0 Å². The number of methoxy groups -OCH3 is 1. The second kappa shape index (κ2) is 10.9. The number of anilines is 1. The Hall–Kier alpha value is -4.73. The summed E-state index contributed by atoms with van der Waals surface area (Å²) in [6.07, 6.45) is -2.79. The molecule has 0 unspecified atom stereocenters. The summed E-state index contributed by atoms with van der Waals surface area (Å²) < 4.78 is 63.9. The second-order valence-corrected chi connectivity index (χ2v) is 8.58. The third-order valence-corrected chi connectivity index (χ3v) is 5.95. The Kier molecular flexibility index (Phi) is 7.66. The molecule has 1 aromatic heterocycles. The third kappa shape index (κ3) is 6.06. The van der Waals surface area contributed by atoms with Crippen LogP contribution in [0.15, 0.2) is 76.0 Å². The molecule has 4 aromatic rings. The molecular formula is C29H21F4NO5. The lowest BCUT2D eigenvalue weighted by Gasteiger charge is -2.16. The number of amides is 1. The van der Waals surface area contributed by atoms with Crippen molar-refractivity contribution in [2.45, 2.75) is 19.5 Å². The smallest absolute Gasteiger partial charge is 0.418 e. The van der Waals surface area contributed by atoms with Gasteiger partial charge in [0.2, 0.25) is 5.91 Å². The van der Waals surface area contributed by atoms with Gasteiger partial charge in [-0.1, -0.05) is 30.3 Å². The van der Waals surface area contributed by atoms with Crippen molar-refractivity contribution in [1.29, 1.82) is 0 Å². The van der Waals surface area contributed by atoms with Gasteiger partial charge < -0.3 is 14.5 Å². The first-order valence-electron chi connectivity index (χ1n) is 11.6. The molecule has 1 amide bonds. The predicted molar refractivity (Wildman–Crippen MR) is 137 cm³/mol. The van der Waals surface area contributed by atoms with Crippen LogP contribution in [-0.2, 0) is 26.9 Å². The monoisotopic (exact) mass is 539 g/mol. The number of ether oxygens (including phenoxy) is 1. The number of benzene rings is 3. The van der Waals surface area contributed by atoms with Gasteiger partial charge in [-0.05, 0) is 60.0 Å². The average Bonchev–Trinajstić information content (AvgIpc) is 2.89. The van der Waals surface area contributed by atoms with Gasteiger partial charge in [-0.3, -0.25) is 4.79 Å². The highest BCUT2D eigenvalue weighted by Crippen LogP contribution is 2.36. The number of esters is 1. The van der Waals surface area contributed by atoms with Gasteiger partial charge in [-0.2, -0.15) is 13.2 Å². The molecule has 0 aliphatic heterocycles. The molecule has 0 spiro atoms. The summed E-state index contributed by atoms with van der Waals surface area (Å²) in [4.78, 5) is 37.6. The van der Waals surface area contributed by atoms with Crippen molar-refractivity contribution in [2.75, 3.05) is 12.4 Å². The van der Waals surface area contributed by atoms with Crippen LogP contribution in [0, 0.1) is 12.7 Å². The molecule has 200 valence electrons. The fourth-order valence-corrected chi connectivity index (χ4v) is 4.12. The van der Waals surface area contributed by atoms with Crippen LogP contribution in [0.25, 0.3) is 28.2 Å². The normalized spacial score (nSPS) is 11.6. The highest BCUT2D eigenvalue weighted by Gasteiger charge is 2.34. The van der Waals surface area contributed by atoms with E-state index in [-0.39, 0.29) is 17.2 Å². The molecule has 0 aliphatic rings. The summed E-state index contributed by atoms with van der Waals surface area (Å²) in [5, 5.41) is 2.58. The van der Waals surface area contributed by atoms with Crippen LogP contribution in [0.5, 0.6) is 0 Å². The van der Waals surface area contributed by atoms with E-state index in [0.717, 1.165) is 12.1 Å². The van der Waals surface area contributed by atoms with Crippen molar-refractivity contribution in [3.05, 3.63) is 105 Å². The first kappa shape index (κ1) is 27.3. The number of hydrogen-bond acceptors (Lipinski definition) is 5. The molecule has 0 saturated carbocycles. The molecule has 0 saturated heterocycles. The highest BCUT2D eigenvalue weighted by atomic mass is 19.4. The second-order valence-electron chi connectivity index (χ2n) is 8.58. The molecule has 0 aliphatic carbocycles. The standard InChI is InChI=1S/C29H21F4NO5/c1-16-12-24-20(13-18(16)8-11-26(36)38-2)27(17-6-4-3-5-7-17)21(28(37)39-24)15-25(35)34-23-10-9-19(30)14-22(23)29(31,32)33/h3-14H,15H2,1-2H3,(H,34,35)/b11-8+. The van der Waals surface area contributed by atoms with Gasteiger partial charge in [-0.15, -0.1) is 0 Å². The molecule has 0 fully saturated rings. The molecule has 0 radical (unpaired) electrons. The van der Waals surface area contributed by atoms with E-state index in [2.05, 4.69) is 10.1 Å². The van der Waals surface area contributed by atoms with Crippen LogP contribution in [0.3, 0.4) is 0 Å². The summed E-state index contributed by atoms with van der Waals surface area (Å²) in [6.45, 7) is 1.75. The van der Waals surface area contributed by atoms with E-state index < -0.39 is 47.2 Å². The quantitative estimate of drug-likeness (QED) is 0.135. The van der Waals surface area contributed by atoms with Crippen LogP contribution in [0.4, 0.5) is 23.2 Å². The van der Waals surface area contributed by atoms with E-state index in [1.165, 1.54) is 19.3 Å². The van der Waals surface area contributed by atoms with E-state index in [4.69, 9.17) is 4.42 Å². The molecule has 0 bridgehead atoms. The van der Waals surface area contributed by atoms with Gasteiger partial charge >= 0.3 is 17.8 Å². The summed E-state index contributed by atoms with van der Waals surface area (Å²) in [7, 11) is 1.24. The zero-order valence-corrected chi connectivity index (χ0v) is 20.7. The topological polar surface area (TPSA) is 85.6 Å². The summed E-state index contributed by atoms with van der Waals surface area (Å²) in [5.74, 6) is -2.63.